The molecule has 0 aliphatic heterocycles. The van der Waals surface area contributed by atoms with Gasteiger partial charge in [-0.15, -0.1) is 0 Å². The Morgan fingerprint density at radius 2 is 2.06 bits per heavy atom. The lowest BCUT2D eigenvalue weighted by Crippen LogP contribution is -2.10. The van der Waals surface area contributed by atoms with Crippen LogP contribution in [0.5, 0.6) is 5.88 Å². The van der Waals surface area contributed by atoms with Crippen molar-refractivity contribution in [3.8, 4) is 5.88 Å². The maximum atomic E-state index is 6.09. The molecule has 0 atom stereocenters. The Morgan fingerprint density at radius 1 is 1.33 bits per heavy atom. The highest BCUT2D eigenvalue weighted by Crippen LogP contribution is 2.32. The molecule has 0 spiro atoms. The van der Waals surface area contributed by atoms with Gasteiger partial charge in [0.2, 0.25) is 5.88 Å². The Hall–Kier alpha value is -0.670. The van der Waals surface area contributed by atoms with Crippen LogP contribution in [0.2, 0.25) is 10.0 Å². The van der Waals surface area contributed by atoms with E-state index in [1.807, 2.05) is 6.92 Å². The Labute approximate surface area is 118 Å². The molecule has 0 saturated heterocycles. The zero-order valence-corrected chi connectivity index (χ0v) is 12.0. The average molecular weight is 289 g/mol. The van der Waals surface area contributed by atoms with Crippen molar-refractivity contribution in [3.63, 3.8) is 0 Å². The second kappa shape index (κ2) is 6.48. The number of pyridine rings is 1. The summed E-state index contributed by atoms with van der Waals surface area (Å²) in [5, 5.41) is 4.08. The van der Waals surface area contributed by atoms with Crippen molar-refractivity contribution in [1.29, 1.82) is 0 Å². The van der Waals surface area contributed by atoms with Crippen LogP contribution in [0.25, 0.3) is 0 Å². The van der Waals surface area contributed by atoms with Crippen LogP contribution in [0.4, 0.5) is 5.82 Å². The van der Waals surface area contributed by atoms with Gasteiger partial charge in [-0.25, -0.2) is 0 Å². The van der Waals surface area contributed by atoms with Crippen LogP contribution in [-0.2, 0) is 0 Å². The first-order valence-electron chi connectivity index (χ1n) is 6.43. The molecule has 1 fully saturated rings. The van der Waals surface area contributed by atoms with E-state index in [2.05, 4.69) is 10.3 Å². The Morgan fingerprint density at radius 3 is 2.72 bits per heavy atom. The molecule has 1 aliphatic rings. The van der Waals surface area contributed by atoms with Crippen molar-refractivity contribution in [1.82, 2.24) is 4.98 Å². The minimum absolute atomic E-state index is 0.472. The van der Waals surface area contributed by atoms with Gasteiger partial charge in [0.05, 0.1) is 11.6 Å². The molecule has 0 unspecified atom stereocenters. The van der Waals surface area contributed by atoms with Crippen LogP contribution < -0.4 is 10.1 Å². The van der Waals surface area contributed by atoms with E-state index >= 15 is 0 Å². The first kappa shape index (κ1) is 13.8. The molecular formula is C13H18Cl2N2O. The van der Waals surface area contributed by atoms with E-state index in [-0.39, 0.29) is 0 Å². The molecule has 5 heteroatoms. The first-order chi connectivity index (χ1) is 8.70. The zero-order chi connectivity index (χ0) is 13.0. The topological polar surface area (TPSA) is 34.2 Å². The molecule has 0 radical (unpaired) electrons. The maximum absolute atomic E-state index is 6.09. The summed E-state index contributed by atoms with van der Waals surface area (Å²) in [5.41, 5.74) is 0. The maximum Gasteiger partial charge on any atom is 0.234 e. The number of hydrogen-bond acceptors (Lipinski definition) is 3. The van der Waals surface area contributed by atoms with Gasteiger partial charge in [0, 0.05) is 6.54 Å². The molecule has 0 aromatic carbocycles. The molecular weight excluding hydrogens is 271 g/mol. The number of anilines is 1. The summed E-state index contributed by atoms with van der Waals surface area (Å²) in [7, 11) is 0. The summed E-state index contributed by atoms with van der Waals surface area (Å²) >= 11 is 12.1. The van der Waals surface area contributed by atoms with Crippen LogP contribution >= 0.6 is 23.2 Å². The highest BCUT2D eigenvalue weighted by Gasteiger charge is 2.17. The van der Waals surface area contributed by atoms with Gasteiger partial charge in [-0.2, -0.15) is 4.98 Å². The van der Waals surface area contributed by atoms with E-state index in [4.69, 9.17) is 27.9 Å². The fourth-order valence-electron chi connectivity index (χ4n) is 2.22. The predicted octanol–water partition coefficient (Wildman–Crippen LogP) is 4.39. The third-order valence-corrected chi connectivity index (χ3v) is 3.73. The molecule has 1 aromatic rings. The van der Waals surface area contributed by atoms with E-state index in [0.717, 1.165) is 6.54 Å². The van der Waals surface area contributed by atoms with Crippen LogP contribution in [-0.4, -0.2) is 18.1 Å². The standard InChI is InChI=1S/C13H18Cl2N2O/c1-2-16-12-10(14)7-11(15)13(17-12)18-8-9-5-3-4-6-9/h7,9H,2-6,8H2,1H3,(H,16,17). The Bertz CT molecular complexity index is 406. The third-order valence-electron chi connectivity index (χ3n) is 3.17. The number of ether oxygens (including phenoxy) is 1. The lowest BCUT2D eigenvalue weighted by atomic mass is 10.1. The average Bonchev–Trinajstić information content (AvgIpc) is 2.84. The Kier molecular flexibility index (Phi) is 4.95. The molecule has 1 saturated carbocycles. The number of halogens is 2. The third kappa shape index (κ3) is 3.42. The molecule has 1 heterocycles. The summed E-state index contributed by atoms with van der Waals surface area (Å²) in [5.74, 6) is 1.75. The molecule has 100 valence electrons. The second-order valence-electron chi connectivity index (χ2n) is 4.60. The normalized spacial score (nSPS) is 15.9. The summed E-state index contributed by atoms with van der Waals surface area (Å²) < 4.78 is 5.72. The molecule has 1 N–H and O–H groups in total. The lowest BCUT2D eigenvalue weighted by molar-refractivity contribution is 0.244. The number of rotatable bonds is 5. The van der Waals surface area contributed by atoms with Gasteiger partial charge < -0.3 is 10.1 Å². The van der Waals surface area contributed by atoms with Gasteiger partial charge in [0.1, 0.15) is 10.8 Å². The highest BCUT2D eigenvalue weighted by molar-refractivity contribution is 6.36. The van der Waals surface area contributed by atoms with Crippen molar-refractivity contribution in [2.45, 2.75) is 32.6 Å². The van der Waals surface area contributed by atoms with Gasteiger partial charge in [-0.05, 0) is 31.7 Å². The second-order valence-corrected chi connectivity index (χ2v) is 5.41. The van der Waals surface area contributed by atoms with Gasteiger partial charge in [-0.3, -0.25) is 0 Å². The van der Waals surface area contributed by atoms with Gasteiger partial charge in [0.15, 0.2) is 0 Å². The number of aromatic nitrogens is 1. The largest absolute Gasteiger partial charge is 0.476 e. The van der Waals surface area contributed by atoms with Gasteiger partial charge in [0.25, 0.3) is 0 Å². The molecule has 3 nitrogen and oxygen atoms in total. The number of nitrogens with one attached hydrogen (secondary N) is 1. The van der Waals surface area contributed by atoms with Crippen molar-refractivity contribution >= 4 is 29.0 Å². The SMILES string of the molecule is CCNc1nc(OCC2CCCC2)c(Cl)cc1Cl. The quantitative estimate of drug-likeness (QED) is 0.873. The molecule has 2 rings (SSSR count). The van der Waals surface area contributed by atoms with E-state index in [0.29, 0.717) is 34.3 Å². The molecule has 1 aromatic heterocycles. The first-order valence-corrected chi connectivity index (χ1v) is 7.19. The molecule has 18 heavy (non-hydrogen) atoms. The van der Waals surface area contributed by atoms with E-state index < -0.39 is 0 Å². The zero-order valence-electron chi connectivity index (χ0n) is 10.5. The molecule has 1 aliphatic carbocycles. The van der Waals surface area contributed by atoms with Crippen LogP contribution in [0.3, 0.4) is 0 Å². The van der Waals surface area contributed by atoms with Gasteiger partial charge in [-0.1, -0.05) is 36.0 Å². The van der Waals surface area contributed by atoms with Crippen LogP contribution in [0.1, 0.15) is 32.6 Å². The lowest BCUT2D eigenvalue weighted by Gasteiger charge is -2.13. The van der Waals surface area contributed by atoms with E-state index in [1.165, 1.54) is 25.7 Å². The highest BCUT2D eigenvalue weighted by atomic mass is 35.5. The van der Waals surface area contributed by atoms with Crippen LogP contribution in [0.15, 0.2) is 6.07 Å². The molecule has 0 bridgehead atoms. The van der Waals surface area contributed by atoms with Crippen LogP contribution in [0, 0.1) is 5.92 Å². The van der Waals surface area contributed by atoms with E-state index in [9.17, 15) is 0 Å². The fourth-order valence-corrected chi connectivity index (χ4v) is 2.70. The van der Waals surface area contributed by atoms with Crippen molar-refractivity contribution in [3.05, 3.63) is 16.1 Å². The summed E-state index contributed by atoms with van der Waals surface area (Å²) in [6.07, 6.45) is 5.09. The summed E-state index contributed by atoms with van der Waals surface area (Å²) in [6.45, 7) is 3.45. The van der Waals surface area contributed by atoms with Crippen molar-refractivity contribution in [2.75, 3.05) is 18.5 Å². The summed E-state index contributed by atoms with van der Waals surface area (Å²) in [4.78, 5) is 4.33. The number of hydrogen-bond donors (Lipinski definition) is 1. The Balaban J connectivity index is 2.03. The summed E-state index contributed by atoms with van der Waals surface area (Å²) in [6, 6.07) is 1.68. The minimum Gasteiger partial charge on any atom is -0.476 e. The van der Waals surface area contributed by atoms with Gasteiger partial charge >= 0.3 is 0 Å². The fraction of sp³-hybridized carbons (Fsp3) is 0.615. The van der Waals surface area contributed by atoms with Crippen molar-refractivity contribution < 1.29 is 4.74 Å². The minimum atomic E-state index is 0.472. The van der Waals surface area contributed by atoms with Crippen molar-refractivity contribution in [2.24, 2.45) is 5.92 Å². The predicted molar refractivity (Wildman–Crippen MR) is 75.9 cm³/mol. The molecule has 0 amide bonds. The number of nitrogens with zero attached hydrogens (tertiary/aromatic N) is 1. The smallest absolute Gasteiger partial charge is 0.234 e. The monoisotopic (exact) mass is 288 g/mol. The van der Waals surface area contributed by atoms with E-state index in [1.54, 1.807) is 6.07 Å².